The van der Waals surface area contributed by atoms with Gasteiger partial charge in [-0.3, -0.25) is 4.79 Å². The molecule has 1 spiro atoms. The summed E-state index contributed by atoms with van der Waals surface area (Å²) >= 11 is 0. The number of primary sulfonamides is 1. The zero-order valence-corrected chi connectivity index (χ0v) is 22.8. The molecule has 2 atom stereocenters. The fraction of sp³-hybridized carbons (Fsp3) is 0.542. The van der Waals surface area contributed by atoms with E-state index in [1.165, 1.54) is 34.8 Å². The molecular weight excluding hydrogens is 536 g/mol. The molecule has 2 aliphatic rings. The second-order valence-electron chi connectivity index (χ2n) is 9.70. The molecule has 2 aliphatic heterocycles. The van der Waals surface area contributed by atoms with Crippen molar-refractivity contribution >= 4 is 20.0 Å². The predicted molar refractivity (Wildman–Crippen MR) is 139 cm³/mol. The van der Waals surface area contributed by atoms with E-state index in [4.69, 9.17) is 14.6 Å². The first-order chi connectivity index (χ1) is 17.9. The summed E-state index contributed by atoms with van der Waals surface area (Å²) in [6, 6.07) is 7.00. The van der Waals surface area contributed by atoms with Gasteiger partial charge in [-0.2, -0.15) is 4.31 Å². The zero-order chi connectivity index (χ0) is 27.6. The number of rotatable bonds is 10. The van der Waals surface area contributed by atoms with Crippen LogP contribution in [0.1, 0.15) is 26.2 Å². The van der Waals surface area contributed by atoms with Gasteiger partial charge in [-0.1, -0.05) is 6.07 Å². The summed E-state index contributed by atoms with van der Waals surface area (Å²) in [5.74, 6) is 0.282. The normalized spacial score (nSPS) is 21.0. The number of pyridine rings is 1. The molecule has 14 heteroatoms. The molecular formula is C24H34N4O8S2. The third kappa shape index (κ3) is 6.62. The van der Waals surface area contributed by atoms with Gasteiger partial charge in [0.15, 0.2) is 0 Å². The van der Waals surface area contributed by atoms with Crippen LogP contribution in [-0.2, 0) is 31.3 Å². The molecule has 3 heterocycles. The number of hydrogen-bond donors (Lipinski definition) is 3. The van der Waals surface area contributed by atoms with Gasteiger partial charge in [-0.15, -0.1) is 0 Å². The Morgan fingerprint density at radius 1 is 1.24 bits per heavy atom. The zero-order valence-electron chi connectivity index (χ0n) is 21.2. The number of aromatic nitrogens is 1. The van der Waals surface area contributed by atoms with Crippen molar-refractivity contribution in [3.8, 4) is 5.75 Å². The van der Waals surface area contributed by atoms with E-state index in [-0.39, 0.29) is 47.8 Å². The Labute approximate surface area is 222 Å². The van der Waals surface area contributed by atoms with Crippen molar-refractivity contribution in [3.05, 3.63) is 52.9 Å². The van der Waals surface area contributed by atoms with E-state index in [1.54, 1.807) is 16.8 Å². The maximum absolute atomic E-state index is 13.1. The summed E-state index contributed by atoms with van der Waals surface area (Å²) in [6.07, 6.45) is 3.78. The Hall–Kier alpha value is -2.33. The van der Waals surface area contributed by atoms with Crippen LogP contribution < -0.4 is 20.6 Å². The fourth-order valence-corrected chi connectivity index (χ4v) is 6.87. The fourth-order valence-electron chi connectivity index (χ4n) is 4.79. The van der Waals surface area contributed by atoms with Gasteiger partial charge in [0.1, 0.15) is 23.4 Å². The van der Waals surface area contributed by atoms with E-state index in [0.29, 0.717) is 32.4 Å². The summed E-state index contributed by atoms with van der Waals surface area (Å²) in [7, 11) is -7.75. The Kier molecular flexibility index (Phi) is 8.62. The number of nitrogens with zero attached hydrogens (tertiary/aromatic N) is 2. The number of nitrogens with one attached hydrogen (secondary N) is 1. The topological polar surface area (TPSA) is 170 Å². The van der Waals surface area contributed by atoms with E-state index in [0.717, 1.165) is 0 Å². The van der Waals surface area contributed by atoms with Crippen LogP contribution in [-0.4, -0.2) is 81.4 Å². The van der Waals surface area contributed by atoms with Crippen molar-refractivity contribution in [1.29, 1.82) is 0 Å². The van der Waals surface area contributed by atoms with E-state index in [9.17, 15) is 26.7 Å². The highest BCUT2D eigenvalue weighted by atomic mass is 32.2. The molecule has 210 valence electrons. The standard InChI is InChI=1S/C24H34N4O8S2/c1-2-27-9-6-22(30)23(15-27)38(33,34)28-10-7-24(8-11-28)13-18(16-36-24)26-14-19(29)17-35-20-4-3-5-21(12-20)37(25,31)32/h3-6,9,12,15,18-19,26,29H,2,7-8,10-11,13-14,16-17H2,1H3,(H2,25,31,32). The van der Waals surface area contributed by atoms with Crippen molar-refractivity contribution in [2.45, 2.75) is 60.3 Å². The molecule has 12 nitrogen and oxygen atoms in total. The molecule has 2 fully saturated rings. The second-order valence-corrected chi connectivity index (χ2v) is 13.2. The third-order valence-electron chi connectivity index (χ3n) is 6.99. The number of benzene rings is 1. The lowest BCUT2D eigenvalue weighted by atomic mass is 9.88. The maximum atomic E-state index is 13.1. The van der Waals surface area contributed by atoms with E-state index < -0.39 is 37.2 Å². The van der Waals surface area contributed by atoms with Gasteiger partial charge in [-0.25, -0.2) is 22.0 Å². The first kappa shape index (κ1) is 28.7. The predicted octanol–water partition coefficient (Wildman–Crippen LogP) is -0.143. The number of sulfonamides is 2. The number of aliphatic hydroxyl groups excluding tert-OH is 1. The summed E-state index contributed by atoms with van der Waals surface area (Å²) in [6.45, 7) is 3.54. The summed E-state index contributed by atoms with van der Waals surface area (Å²) < 4.78 is 63.8. The van der Waals surface area contributed by atoms with Gasteiger partial charge >= 0.3 is 0 Å². The van der Waals surface area contributed by atoms with E-state index in [2.05, 4.69) is 5.32 Å². The van der Waals surface area contributed by atoms with Crippen LogP contribution in [0, 0.1) is 0 Å². The van der Waals surface area contributed by atoms with Crippen molar-refractivity contribution in [2.24, 2.45) is 5.14 Å². The summed E-state index contributed by atoms with van der Waals surface area (Å²) in [4.78, 5) is 12.0. The number of nitrogens with two attached hydrogens (primary N) is 1. The van der Waals surface area contributed by atoms with Crippen LogP contribution in [0.3, 0.4) is 0 Å². The van der Waals surface area contributed by atoms with Crippen molar-refractivity contribution in [3.63, 3.8) is 0 Å². The van der Waals surface area contributed by atoms with Crippen LogP contribution >= 0.6 is 0 Å². The van der Waals surface area contributed by atoms with Crippen LogP contribution in [0.25, 0.3) is 0 Å². The average Bonchev–Trinajstić information content (AvgIpc) is 3.28. The second kappa shape index (κ2) is 11.4. The lowest BCUT2D eigenvalue weighted by Gasteiger charge is -2.38. The van der Waals surface area contributed by atoms with Crippen LogP contribution in [0.5, 0.6) is 5.75 Å². The maximum Gasteiger partial charge on any atom is 0.248 e. The number of aliphatic hydroxyl groups is 1. The lowest BCUT2D eigenvalue weighted by Crippen LogP contribution is -2.47. The largest absolute Gasteiger partial charge is 0.491 e. The summed E-state index contributed by atoms with van der Waals surface area (Å²) in [5, 5.41) is 18.7. The minimum absolute atomic E-state index is 0.0237. The highest BCUT2D eigenvalue weighted by molar-refractivity contribution is 7.89. The van der Waals surface area contributed by atoms with Gasteiger partial charge < -0.3 is 24.5 Å². The number of piperidine rings is 1. The molecule has 0 amide bonds. The van der Waals surface area contributed by atoms with Crippen LogP contribution in [0.15, 0.2) is 57.3 Å². The van der Waals surface area contributed by atoms with Crippen LogP contribution in [0.2, 0.25) is 0 Å². The smallest absolute Gasteiger partial charge is 0.248 e. The van der Waals surface area contributed by atoms with Gasteiger partial charge in [0, 0.05) is 56.7 Å². The Morgan fingerprint density at radius 3 is 2.66 bits per heavy atom. The average molecular weight is 571 g/mol. The molecule has 0 radical (unpaired) electrons. The SMILES string of the molecule is CCn1ccc(=O)c(S(=O)(=O)N2CCC3(CC2)CC(NCC(O)COc2cccc(S(N)(=O)=O)c2)CO3)c1. The monoisotopic (exact) mass is 570 g/mol. The van der Waals surface area contributed by atoms with Crippen molar-refractivity contribution < 1.29 is 31.4 Å². The third-order valence-corrected chi connectivity index (χ3v) is 9.81. The van der Waals surface area contributed by atoms with E-state index in [1.807, 2.05) is 6.92 Å². The minimum Gasteiger partial charge on any atom is -0.491 e. The molecule has 4 rings (SSSR count). The van der Waals surface area contributed by atoms with Crippen LogP contribution in [0.4, 0.5) is 0 Å². The number of ether oxygens (including phenoxy) is 2. The molecule has 1 aromatic carbocycles. The molecule has 1 aromatic heterocycles. The first-order valence-corrected chi connectivity index (χ1v) is 15.4. The molecule has 4 N–H and O–H groups in total. The quantitative estimate of drug-likeness (QED) is 0.352. The molecule has 2 aromatic rings. The molecule has 2 saturated heterocycles. The van der Waals surface area contributed by atoms with Gasteiger partial charge in [-0.05, 0) is 38.3 Å². The molecule has 0 saturated carbocycles. The van der Waals surface area contributed by atoms with Gasteiger partial charge in [0.25, 0.3) is 0 Å². The number of hydrogen-bond acceptors (Lipinski definition) is 9. The Morgan fingerprint density at radius 2 is 1.97 bits per heavy atom. The molecule has 2 unspecified atom stereocenters. The summed E-state index contributed by atoms with van der Waals surface area (Å²) in [5.41, 5.74) is -0.976. The highest BCUT2D eigenvalue weighted by Crippen LogP contribution is 2.37. The van der Waals surface area contributed by atoms with Crippen molar-refractivity contribution in [2.75, 3.05) is 32.8 Å². The highest BCUT2D eigenvalue weighted by Gasteiger charge is 2.45. The first-order valence-electron chi connectivity index (χ1n) is 12.4. The molecule has 0 aliphatic carbocycles. The minimum atomic E-state index is -3.91. The van der Waals surface area contributed by atoms with Crippen molar-refractivity contribution in [1.82, 2.24) is 14.2 Å². The van der Waals surface area contributed by atoms with E-state index >= 15 is 0 Å². The lowest BCUT2D eigenvalue weighted by molar-refractivity contribution is -0.0312. The molecule has 0 bridgehead atoms. The van der Waals surface area contributed by atoms with Gasteiger partial charge in [0.05, 0.1) is 17.1 Å². The number of aryl methyl sites for hydroxylation is 1. The Balaban J connectivity index is 1.25. The molecule has 38 heavy (non-hydrogen) atoms. The van der Waals surface area contributed by atoms with Gasteiger partial charge in [0.2, 0.25) is 25.5 Å². The Bertz CT molecular complexity index is 1400.